The lowest BCUT2D eigenvalue weighted by Crippen LogP contribution is -2.33. The Morgan fingerprint density at radius 3 is 2.76 bits per heavy atom. The molecule has 1 saturated carbocycles. The first-order valence-corrected chi connectivity index (χ1v) is 5.88. The lowest BCUT2D eigenvalue weighted by Gasteiger charge is -2.25. The Balaban J connectivity index is 2.02. The molecule has 0 unspecified atom stereocenters. The number of carbonyl (C=O) groups excluding carboxylic acids is 1. The first-order valence-electron chi connectivity index (χ1n) is 5.88. The van der Waals surface area contributed by atoms with Crippen LogP contribution in [0.25, 0.3) is 0 Å². The highest BCUT2D eigenvalue weighted by molar-refractivity contribution is 5.94. The third-order valence-electron chi connectivity index (χ3n) is 4.03. The van der Waals surface area contributed by atoms with Crippen molar-refractivity contribution in [2.45, 2.75) is 19.3 Å². The van der Waals surface area contributed by atoms with Gasteiger partial charge in [-0.3, -0.25) is 4.79 Å². The highest BCUT2D eigenvalue weighted by Gasteiger charge is 2.49. The molecule has 1 aliphatic carbocycles. The van der Waals surface area contributed by atoms with E-state index in [9.17, 15) is 14.7 Å². The molecule has 1 heterocycles. The zero-order valence-corrected chi connectivity index (χ0v) is 9.63. The van der Waals surface area contributed by atoms with Crippen LogP contribution in [-0.4, -0.2) is 46.7 Å². The van der Waals surface area contributed by atoms with Crippen molar-refractivity contribution in [1.29, 1.82) is 0 Å². The van der Waals surface area contributed by atoms with E-state index in [1.807, 2.05) is 0 Å². The van der Waals surface area contributed by atoms with Gasteiger partial charge in [-0.1, -0.05) is 6.42 Å². The summed E-state index contributed by atoms with van der Waals surface area (Å²) in [6.07, 6.45) is 5.07. The van der Waals surface area contributed by atoms with Crippen molar-refractivity contribution in [1.82, 2.24) is 4.90 Å². The molecule has 0 bridgehead atoms. The van der Waals surface area contributed by atoms with Crippen LogP contribution < -0.4 is 0 Å². The van der Waals surface area contributed by atoms with E-state index in [0.717, 1.165) is 31.4 Å². The molecule has 0 aromatic rings. The summed E-state index contributed by atoms with van der Waals surface area (Å²) in [5.41, 5.74) is -0.132. The van der Waals surface area contributed by atoms with Gasteiger partial charge in [-0.05, 0) is 18.8 Å². The highest BCUT2D eigenvalue weighted by atomic mass is 16.4. The number of nitrogens with zero attached hydrogens (tertiary/aromatic N) is 1. The van der Waals surface area contributed by atoms with E-state index < -0.39 is 5.97 Å². The second-order valence-electron chi connectivity index (χ2n) is 5.00. The molecule has 94 valence electrons. The molecule has 1 saturated heterocycles. The van der Waals surface area contributed by atoms with Gasteiger partial charge in [0, 0.05) is 30.7 Å². The number of fused-ring (bicyclic) bond motifs is 1. The average Bonchev–Trinajstić information content (AvgIpc) is 2.82. The molecule has 1 amide bonds. The lowest BCUT2D eigenvalue weighted by molar-refractivity contribution is -0.132. The third kappa shape index (κ3) is 2.20. The second-order valence-corrected chi connectivity index (χ2v) is 5.00. The number of aliphatic carboxylic acids is 1. The minimum absolute atomic E-state index is 0.115. The van der Waals surface area contributed by atoms with Crippen LogP contribution in [0.15, 0.2) is 12.2 Å². The maximum Gasteiger partial charge on any atom is 0.328 e. The van der Waals surface area contributed by atoms with Crippen LogP contribution in [0.4, 0.5) is 0 Å². The molecular weight excluding hydrogens is 222 g/mol. The molecule has 1 aliphatic heterocycles. The minimum atomic E-state index is -1.12. The summed E-state index contributed by atoms with van der Waals surface area (Å²) in [6, 6.07) is 0. The molecule has 17 heavy (non-hydrogen) atoms. The molecule has 2 fully saturated rings. The van der Waals surface area contributed by atoms with Crippen molar-refractivity contribution in [2.24, 2.45) is 11.3 Å². The van der Waals surface area contributed by atoms with Gasteiger partial charge in [0.2, 0.25) is 5.91 Å². The predicted molar refractivity (Wildman–Crippen MR) is 60.2 cm³/mol. The molecule has 5 nitrogen and oxygen atoms in total. The normalized spacial score (nSPS) is 32.1. The number of hydrogen-bond acceptors (Lipinski definition) is 3. The van der Waals surface area contributed by atoms with Crippen molar-refractivity contribution >= 4 is 11.9 Å². The molecular formula is C12H17NO4. The van der Waals surface area contributed by atoms with Crippen LogP contribution in [-0.2, 0) is 9.59 Å². The van der Waals surface area contributed by atoms with Crippen LogP contribution >= 0.6 is 0 Å². The van der Waals surface area contributed by atoms with Crippen LogP contribution in [0.1, 0.15) is 19.3 Å². The van der Waals surface area contributed by atoms with Crippen molar-refractivity contribution in [3.8, 4) is 0 Å². The van der Waals surface area contributed by atoms with E-state index >= 15 is 0 Å². The number of carbonyl (C=O) groups is 2. The first-order chi connectivity index (χ1) is 8.07. The minimum Gasteiger partial charge on any atom is -0.478 e. The predicted octanol–water partition coefficient (Wildman–Crippen LogP) is 0.248. The molecule has 0 aromatic carbocycles. The van der Waals surface area contributed by atoms with Crippen LogP contribution in [0.5, 0.6) is 0 Å². The molecule has 0 spiro atoms. The van der Waals surface area contributed by atoms with Gasteiger partial charge >= 0.3 is 5.97 Å². The summed E-state index contributed by atoms with van der Waals surface area (Å²) < 4.78 is 0. The fourth-order valence-corrected chi connectivity index (χ4v) is 3.09. The zero-order chi connectivity index (χ0) is 12.5. The fraction of sp³-hybridized carbons (Fsp3) is 0.667. The summed E-state index contributed by atoms with van der Waals surface area (Å²) >= 11 is 0. The van der Waals surface area contributed by atoms with E-state index in [2.05, 4.69) is 0 Å². The molecule has 0 aromatic heterocycles. The average molecular weight is 239 g/mol. The van der Waals surface area contributed by atoms with Crippen molar-refractivity contribution < 1.29 is 19.8 Å². The summed E-state index contributed by atoms with van der Waals surface area (Å²) in [5, 5.41) is 18.0. The topological polar surface area (TPSA) is 77.8 Å². The molecule has 2 atom stereocenters. The quantitative estimate of drug-likeness (QED) is 0.692. The van der Waals surface area contributed by atoms with Gasteiger partial charge in [0.15, 0.2) is 0 Å². The van der Waals surface area contributed by atoms with Gasteiger partial charge in [-0.2, -0.15) is 0 Å². The smallest absolute Gasteiger partial charge is 0.328 e. The van der Waals surface area contributed by atoms with E-state index in [1.165, 1.54) is 0 Å². The summed E-state index contributed by atoms with van der Waals surface area (Å²) in [5.74, 6) is -1.01. The summed E-state index contributed by atoms with van der Waals surface area (Å²) in [7, 11) is 0. The maximum absolute atomic E-state index is 11.7. The molecule has 2 aliphatic rings. The molecule has 0 radical (unpaired) electrons. The van der Waals surface area contributed by atoms with Crippen LogP contribution in [0.3, 0.4) is 0 Å². The van der Waals surface area contributed by atoms with Gasteiger partial charge in [0.1, 0.15) is 0 Å². The van der Waals surface area contributed by atoms with Gasteiger partial charge in [-0.25, -0.2) is 4.79 Å². The third-order valence-corrected chi connectivity index (χ3v) is 4.03. The van der Waals surface area contributed by atoms with Crippen LogP contribution in [0, 0.1) is 11.3 Å². The number of carboxylic acids is 1. The maximum atomic E-state index is 11.7. The summed E-state index contributed by atoms with van der Waals surface area (Å²) in [4.78, 5) is 23.7. The van der Waals surface area contributed by atoms with Gasteiger partial charge in [0.25, 0.3) is 0 Å². The Hall–Kier alpha value is -1.36. The SMILES string of the molecule is O=C(O)/C=C/C(=O)N1C[C@H]2CCC[C@]2(CO)C1. The van der Waals surface area contributed by atoms with Crippen molar-refractivity contribution in [2.75, 3.05) is 19.7 Å². The number of rotatable bonds is 3. The Morgan fingerprint density at radius 2 is 2.18 bits per heavy atom. The first kappa shape index (κ1) is 12.1. The Bertz CT molecular complexity index is 366. The van der Waals surface area contributed by atoms with Gasteiger partial charge < -0.3 is 15.1 Å². The van der Waals surface area contributed by atoms with Gasteiger partial charge in [-0.15, -0.1) is 0 Å². The standard InChI is InChI=1S/C12H17NO4/c14-8-12-5-1-2-9(12)6-13(7-12)10(15)3-4-11(16)17/h3-4,9,14H,1-2,5-8H2,(H,16,17)/b4-3+/t9-,12-/m1/s1. The number of likely N-dealkylation sites (tertiary alicyclic amines) is 1. The number of aliphatic hydroxyl groups excluding tert-OH is 1. The number of aliphatic hydroxyl groups is 1. The van der Waals surface area contributed by atoms with Crippen molar-refractivity contribution in [3.05, 3.63) is 12.2 Å². The Labute approximate surface area is 99.7 Å². The number of carboxylic acid groups (broad SMARTS) is 1. The second kappa shape index (κ2) is 4.49. The van der Waals surface area contributed by atoms with E-state index in [4.69, 9.17) is 5.11 Å². The molecule has 2 rings (SSSR count). The van der Waals surface area contributed by atoms with E-state index in [0.29, 0.717) is 19.0 Å². The Kier molecular flexibility index (Phi) is 3.19. The molecule has 2 N–H and O–H groups in total. The monoisotopic (exact) mass is 239 g/mol. The lowest BCUT2D eigenvalue weighted by atomic mass is 9.82. The van der Waals surface area contributed by atoms with Crippen molar-refractivity contribution in [3.63, 3.8) is 0 Å². The summed E-state index contributed by atoms with van der Waals surface area (Å²) in [6.45, 7) is 1.31. The van der Waals surface area contributed by atoms with E-state index in [-0.39, 0.29) is 17.9 Å². The number of amides is 1. The number of hydrogen-bond donors (Lipinski definition) is 2. The fourth-order valence-electron chi connectivity index (χ4n) is 3.09. The largest absolute Gasteiger partial charge is 0.478 e. The van der Waals surface area contributed by atoms with Gasteiger partial charge in [0.05, 0.1) is 6.61 Å². The van der Waals surface area contributed by atoms with E-state index in [1.54, 1.807) is 4.90 Å². The molecule has 5 heteroatoms. The zero-order valence-electron chi connectivity index (χ0n) is 9.63. The highest BCUT2D eigenvalue weighted by Crippen LogP contribution is 2.48. The van der Waals surface area contributed by atoms with Crippen LogP contribution in [0.2, 0.25) is 0 Å². The Morgan fingerprint density at radius 1 is 1.41 bits per heavy atom.